The van der Waals surface area contributed by atoms with Gasteiger partial charge < -0.3 is 10.6 Å². The average molecular weight is 252 g/mol. The highest BCUT2D eigenvalue weighted by Gasteiger charge is 2.16. The molecule has 1 rings (SSSR count). The predicted molar refractivity (Wildman–Crippen MR) is 70.9 cm³/mol. The van der Waals surface area contributed by atoms with Crippen LogP contribution < -0.4 is 5.73 Å². The first-order valence-corrected chi connectivity index (χ1v) is 6.25. The molecule has 0 fully saturated rings. The molecule has 1 atom stereocenters. The van der Waals surface area contributed by atoms with E-state index in [1.54, 1.807) is 17.9 Å². The minimum Gasteiger partial charge on any atom is -0.339 e. The van der Waals surface area contributed by atoms with E-state index < -0.39 is 0 Å². The number of nitrogens with two attached hydrogens (primary N) is 1. The third kappa shape index (κ3) is 3.53. The molecule has 3 nitrogen and oxygen atoms in total. The smallest absolute Gasteiger partial charge is 0.253 e. The van der Waals surface area contributed by atoms with Crippen LogP contribution in [-0.2, 0) is 0 Å². The maximum Gasteiger partial charge on any atom is 0.253 e. The molecule has 0 radical (unpaired) electrons. The van der Waals surface area contributed by atoms with Gasteiger partial charge in [-0.15, -0.1) is 0 Å². The second-order valence-corrected chi connectivity index (χ2v) is 4.65. The summed E-state index contributed by atoms with van der Waals surface area (Å²) in [6.45, 7) is 7.39. The lowest BCUT2D eigenvalue weighted by Gasteiger charge is -2.24. The van der Waals surface area contributed by atoms with Crippen LogP contribution in [0.5, 0.6) is 0 Å². The summed E-state index contributed by atoms with van der Waals surface area (Å²) in [4.78, 5) is 14.0. The zero-order valence-corrected chi connectivity index (χ0v) is 11.2. The van der Waals surface area contributed by atoms with Gasteiger partial charge in [0, 0.05) is 18.7 Å². The molecular formula is C14H21FN2O. The standard InChI is InChI=1S/C14H21FN2O/c1-4-17(9-10(2)8-16)14(18)12-5-6-13(15)11(3)7-12/h5-7,10H,4,8-9,16H2,1-3H3. The Morgan fingerprint density at radius 3 is 2.67 bits per heavy atom. The lowest BCUT2D eigenvalue weighted by Crippen LogP contribution is -2.36. The lowest BCUT2D eigenvalue weighted by atomic mass is 10.1. The molecule has 0 saturated carbocycles. The number of benzene rings is 1. The first-order chi connectivity index (χ1) is 8.49. The molecule has 1 aromatic rings. The van der Waals surface area contributed by atoms with Crippen molar-refractivity contribution in [2.45, 2.75) is 20.8 Å². The summed E-state index contributed by atoms with van der Waals surface area (Å²) in [6, 6.07) is 4.46. The number of rotatable bonds is 5. The Morgan fingerprint density at radius 2 is 2.17 bits per heavy atom. The molecule has 0 heterocycles. The summed E-state index contributed by atoms with van der Waals surface area (Å²) in [5.41, 5.74) is 6.59. The van der Waals surface area contributed by atoms with Gasteiger partial charge in [0.25, 0.3) is 5.91 Å². The number of carbonyl (C=O) groups excluding carboxylic acids is 1. The third-order valence-electron chi connectivity index (χ3n) is 3.01. The van der Waals surface area contributed by atoms with Crippen molar-refractivity contribution in [2.75, 3.05) is 19.6 Å². The van der Waals surface area contributed by atoms with Gasteiger partial charge in [-0.3, -0.25) is 4.79 Å². The summed E-state index contributed by atoms with van der Waals surface area (Å²) in [6.07, 6.45) is 0. The SMILES string of the molecule is CCN(CC(C)CN)C(=O)c1ccc(F)c(C)c1. The van der Waals surface area contributed by atoms with E-state index in [1.807, 2.05) is 13.8 Å². The number of halogens is 1. The number of aryl methyl sites for hydroxylation is 1. The first-order valence-electron chi connectivity index (χ1n) is 6.25. The van der Waals surface area contributed by atoms with Crippen molar-refractivity contribution in [2.24, 2.45) is 11.7 Å². The van der Waals surface area contributed by atoms with Gasteiger partial charge in [-0.2, -0.15) is 0 Å². The average Bonchev–Trinajstić information content (AvgIpc) is 2.38. The van der Waals surface area contributed by atoms with Crippen molar-refractivity contribution in [1.29, 1.82) is 0 Å². The summed E-state index contributed by atoms with van der Waals surface area (Å²) in [5.74, 6) is -0.0960. The van der Waals surface area contributed by atoms with Gasteiger partial charge in [-0.1, -0.05) is 6.92 Å². The summed E-state index contributed by atoms with van der Waals surface area (Å²) < 4.78 is 13.2. The number of hydrogen-bond donors (Lipinski definition) is 1. The van der Waals surface area contributed by atoms with Crippen molar-refractivity contribution in [3.63, 3.8) is 0 Å². The zero-order chi connectivity index (χ0) is 13.7. The topological polar surface area (TPSA) is 46.3 Å². The van der Waals surface area contributed by atoms with Crippen molar-refractivity contribution in [3.05, 3.63) is 35.1 Å². The molecule has 100 valence electrons. The molecule has 0 aromatic heterocycles. The van der Waals surface area contributed by atoms with Crippen LogP contribution in [0.2, 0.25) is 0 Å². The van der Waals surface area contributed by atoms with Crippen LogP contribution in [-0.4, -0.2) is 30.4 Å². The molecule has 0 bridgehead atoms. The number of nitrogens with zero attached hydrogens (tertiary/aromatic N) is 1. The zero-order valence-electron chi connectivity index (χ0n) is 11.2. The Balaban J connectivity index is 2.86. The van der Waals surface area contributed by atoms with Gasteiger partial charge in [-0.25, -0.2) is 4.39 Å². The Morgan fingerprint density at radius 1 is 1.50 bits per heavy atom. The molecule has 1 aromatic carbocycles. The van der Waals surface area contributed by atoms with Crippen molar-refractivity contribution in [1.82, 2.24) is 4.90 Å². The van der Waals surface area contributed by atoms with Gasteiger partial charge >= 0.3 is 0 Å². The fourth-order valence-corrected chi connectivity index (χ4v) is 1.77. The van der Waals surface area contributed by atoms with Crippen LogP contribution in [0.4, 0.5) is 4.39 Å². The molecule has 0 spiro atoms. The van der Waals surface area contributed by atoms with Crippen LogP contribution in [0.15, 0.2) is 18.2 Å². The minimum absolute atomic E-state index is 0.0686. The van der Waals surface area contributed by atoms with Gasteiger partial charge in [-0.05, 0) is 50.1 Å². The van der Waals surface area contributed by atoms with Gasteiger partial charge in [0.1, 0.15) is 5.82 Å². The third-order valence-corrected chi connectivity index (χ3v) is 3.01. The van der Waals surface area contributed by atoms with E-state index >= 15 is 0 Å². The van der Waals surface area contributed by atoms with Crippen molar-refractivity contribution in [3.8, 4) is 0 Å². The fraction of sp³-hybridized carbons (Fsp3) is 0.500. The van der Waals surface area contributed by atoms with Crippen LogP contribution in [0.25, 0.3) is 0 Å². The molecule has 0 aliphatic carbocycles. The lowest BCUT2D eigenvalue weighted by molar-refractivity contribution is 0.0743. The van der Waals surface area contributed by atoms with Crippen LogP contribution in [0, 0.1) is 18.7 Å². The van der Waals surface area contributed by atoms with Gasteiger partial charge in [0.2, 0.25) is 0 Å². The Labute approximate surface area is 108 Å². The number of carbonyl (C=O) groups is 1. The quantitative estimate of drug-likeness (QED) is 0.873. The Bertz CT molecular complexity index is 420. The molecule has 0 saturated heterocycles. The molecule has 18 heavy (non-hydrogen) atoms. The maximum absolute atomic E-state index is 13.2. The molecule has 0 aliphatic heterocycles. The molecule has 1 amide bonds. The largest absolute Gasteiger partial charge is 0.339 e. The van der Waals surface area contributed by atoms with E-state index in [1.165, 1.54) is 12.1 Å². The molecule has 4 heteroatoms. The van der Waals surface area contributed by atoms with E-state index in [-0.39, 0.29) is 17.6 Å². The maximum atomic E-state index is 13.2. The van der Waals surface area contributed by atoms with E-state index in [2.05, 4.69) is 0 Å². The highest BCUT2D eigenvalue weighted by Crippen LogP contribution is 2.12. The Hall–Kier alpha value is -1.42. The molecule has 1 unspecified atom stereocenters. The summed E-state index contributed by atoms with van der Waals surface area (Å²) in [7, 11) is 0. The van der Waals surface area contributed by atoms with Crippen LogP contribution in [0.1, 0.15) is 29.8 Å². The van der Waals surface area contributed by atoms with Gasteiger partial charge in [0.15, 0.2) is 0 Å². The van der Waals surface area contributed by atoms with E-state index in [0.717, 1.165) is 0 Å². The fourth-order valence-electron chi connectivity index (χ4n) is 1.77. The monoisotopic (exact) mass is 252 g/mol. The minimum atomic E-state index is -0.287. The normalized spacial score (nSPS) is 12.3. The number of amides is 1. The van der Waals surface area contributed by atoms with Gasteiger partial charge in [0.05, 0.1) is 0 Å². The highest BCUT2D eigenvalue weighted by molar-refractivity contribution is 5.94. The second kappa shape index (κ2) is 6.50. The van der Waals surface area contributed by atoms with E-state index in [4.69, 9.17) is 5.73 Å². The second-order valence-electron chi connectivity index (χ2n) is 4.65. The number of hydrogen-bond acceptors (Lipinski definition) is 2. The molecular weight excluding hydrogens is 231 g/mol. The summed E-state index contributed by atoms with van der Waals surface area (Å²) in [5, 5.41) is 0. The van der Waals surface area contributed by atoms with Crippen molar-refractivity contribution >= 4 is 5.91 Å². The van der Waals surface area contributed by atoms with Crippen molar-refractivity contribution < 1.29 is 9.18 Å². The van der Waals surface area contributed by atoms with E-state index in [0.29, 0.717) is 30.8 Å². The Kier molecular flexibility index (Phi) is 5.28. The van der Waals surface area contributed by atoms with Crippen LogP contribution in [0.3, 0.4) is 0 Å². The molecule has 2 N–H and O–H groups in total. The summed E-state index contributed by atoms with van der Waals surface area (Å²) >= 11 is 0. The molecule has 0 aliphatic rings. The highest BCUT2D eigenvalue weighted by atomic mass is 19.1. The first kappa shape index (κ1) is 14.6. The predicted octanol–water partition coefficient (Wildman–Crippen LogP) is 2.19. The van der Waals surface area contributed by atoms with Crippen LogP contribution >= 0.6 is 0 Å². The van der Waals surface area contributed by atoms with E-state index in [9.17, 15) is 9.18 Å².